The van der Waals surface area contributed by atoms with E-state index in [-0.39, 0.29) is 24.2 Å². The number of hydrogen-bond acceptors (Lipinski definition) is 6. The van der Waals surface area contributed by atoms with Crippen LogP contribution in [0.1, 0.15) is 17.1 Å². The van der Waals surface area contributed by atoms with Crippen LogP contribution in [-0.4, -0.2) is 44.1 Å². The van der Waals surface area contributed by atoms with E-state index in [0.717, 1.165) is 10.7 Å². The van der Waals surface area contributed by atoms with Crippen LogP contribution in [-0.2, 0) is 16.0 Å². The molecular weight excluding hydrogens is 366 g/mol. The highest BCUT2D eigenvalue weighted by Crippen LogP contribution is 2.34. The van der Waals surface area contributed by atoms with Gasteiger partial charge in [-0.15, -0.1) is 11.3 Å². The number of methoxy groups -OCH3 is 2. The molecule has 0 aliphatic carbocycles. The summed E-state index contributed by atoms with van der Waals surface area (Å²) in [7, 11) is 3.11. The van der Waals surface area contributed by atoms with Gasteiger partial charge in [-0.1, -0.05) is 0 Å². The summed E-state index contributed by atoms with van der Waals surface area (Å²) in [6.45, 7) is 2.83. The van der Waals surface area contributed by atoms with Gasteiger partial charge in [0.2, 0.25) is 11.8 Å². The molecule has 1 atom stereocenters. The van der Waals surface area contributed by atoms with Gasteiger partial charge < -0.3 is 19.7 Å². The topological polar surface area (TPSA) is 80.8 Å². The van der Waals surface area contributed by atoms with Crippen molar-refractivity contribution in [1.82, 2.24) is 10.3 Å². The Bertz CT molecular complexity index is 836. The van der Waals surface area contributed by atoms with Crippen LogP contribution in [0.2, 0.25) is 0 Å². The van der Waals surface area contributed by atoms with Gasteiger partial charge in [-0.05, 0) is 19.1 Å². The van der Waals surface area contributed by atoms with Crippen molar-refractivity contribution < 1.29 is 19.1 Å². The van der Waals surface area contributed by atoms with E-state index in [4.69, 9.17) is 9.47 Å². The predicted molar refractivity (Wildman–Crippen MR) is 104 cm³/mol. The van der Waals surface area contributed by atoms with Crippen LogP contribution in [0.4, 0.5) is 5.69 Å². The largest absolute Gasteiger partial charge is 0.493 e. The van der Waals surface area contributed by atoms with E-state index in [1.165, 1.54) is 0 Å². The maximum atomic E-state index is 12.4. The molecule has 0 spiro atoms. The molecule has 2 heterocycles. The quantitative estimate of drug-likeness (QED) is 0.785. The summed E-state index contributed by atoms with van der Waals surface area (Å²) in [5, 5.41) is 5.93. The van der Waals surface area contributed by atoms with Crippen LogP contribution in [0.25, 0.3) is 0 Å². The summed E-state index contributed by atoms with van der Waals surface area (Å²) in [5.74, 6) is 0.618. The number of ether oxygens (including phenoxy) is 2. The molecule has 27 heavy (non-hydrogen) atoms. The van der Waals surface area contributed by atoms with E-state index in [2.05, 4.69) is 10.3 Å². The molecule has 3 rings (SSSR count). The Labute approximate surface area is 162 Å². The van der Waals surface area contributed by atoms with Gasteiger partial charge in [0.1, 0.15) is 0 Å². The number of amides is 2. The summed E-state index contributed by atoms with van der Waals surface area (Å²) < 4.78 is 10.5. The maximum Gasteiger partial charge on any atom is 0.227 e. The third kappa shape index (κ3) is 4.39. The highest BCUT2D eigenvalue weighted by Gasteiger charge is 2.35. The fraction of sp³-hybridized carbons (Fsp3) is 0.421. The van der Waals surface area contributed by atoms with Crippen LogP contribution in [0, 0.1) is 12.8 Å². The zero-order chi connectivity index (χ0) is 19.4. The molecule has 2 amide bonds. The molecule has 0 radical (unpaired) electrons. The van der Waals surface area contributed by atoms with E-state index in [0.29, 0.717) is 36.7 Å². The SMILES string of the molecule is COc1ccc(N2CC(C(=O)NCCc3csc(C)n3)CC2=O)cc1OC. The van der Waals surface area contributed by atoms with E-state index in [9.17, 15) is 9.59 Å². The van der Waals surface area contributed by atoms with Gasteiger partial charge in [0.05, 0.1) is 30.8 Å². The Morgan fingerprint density at radius 3 is 2.78 bits per heavy atom. The number of rotatable bonds is 7. The highest BCUT2D eigenvalue weighted by molar-refractivity contribution is 7.09. The van der Waals surface area contributed by atoms with Crippen molar-refractivity contribution in [3.8, 4) is 11.5 Å². The van der Waals surface area contributed by atoms with Crippen LogP contribution in [0.5, 0.6) is 11.5 Å². The number of benzene rings is 1. The van der Waals surface area contributed by atoms with Crippen LogP contribution in [0.3, 0.4) is 0 Å². The second-order valence-electron chi connectivity index (χ2n) is 6.34. The number of nitrogens with zero attached hydrogens (tertiary/aromatic N) is 2. The highest BCUT2D eigenvalue weighted by atomic mass is 32.1. The molecule has 8 heteroatoms. The first-order valence-electron chi connectivity index (χ1n) is 8.73. The van der Waals surface area contributed by atoms with Crippen molar-refractivity contribution in [2.24, 2.45) is 5.92 Å². The number of hydrogen-bond donors (Lipinski definition) is 1. The average Bonchev–Trinajstić information content (AvgIpc) is 3.26. The molecule has 1 aliphatic rings. The number of anilines is 1. The fourth-order valence-electron chi connectivity index (χ4n) is 3.11. The minimum absolute atomic E-state index is 0.0718. The Kier molecular flexibility index (Phi) is 5.95. The Morgan fingerprint density at radius 1 is 1.33 bits per heavy atom. The summed E-state index contributed by atoms with van der Waals surface area (Å²) in [6.07, 6.45) is 0.895. The molecule has 1 N–H and O–H groups in total. The Morgan fingerprint density at radius 2 is 2.11 bits per heavy atom. The lowest BCUT2D eigenvalue weighted by molar-refractivity contribution is -0.126. The second kappa shape index (κ2) is 8.39. The fourth-order valence-corrected chi connectivity index (χ4v) is 3.75. The molecule has 144 valence electrons. The summed E-state index contributed by atoms with van der Waals surface area (Å²) in [4.78, 5) is 30.8. The number of aromatic nitrogens is 1. The lowest BCUT2D eigenvalue weighted by Gasteiger charge is -2.18. The van der Waals surface area contributed by atoms with E-state index in [1.54, 1.807) is 48.7 Å². The number of thiazole rings is 1. The zero-order valence-corrected chi connectivity index (χ0v) is 16.5. The van der Waals surface area contributed by atoms with E-state index >= 15 is 0 Å². The molecule has 1 fully saturated rings. The van der Waals surface area contributed by atoms with E-state index < -0.39 is 0 Å². The van der Waals surface area contributed by atoms with Gasteiger partial charge in [0, 0.05) is 43.1 Å². The number of carbonyl (C=O) groups is 2. The lowest BCUT2D eigenvalue weighted by Crippen LogP contribution is -2.34. The molecule has 0 bridgehead atoms. The van der Waals surface area contributed by atoms with Crippen molar-refractivity contribution in [2.45, 2.75) is 19.8 Å². The molecule has 1 aliphatic heterocycles. The first kappa shape index (κ1) is 19.2. The average molecular weight is 389 g/mol. The zero-order valence-electron chi connectivity index (χ0n) is 15.7. The van der Waals surface area contributed by atoms with Gasteiger partial charge in [-0.3, -0.25) is 9.59 Å². The maximum absolute atomic E-state index is 12.4. The van der Waals surface area contributed by atoms with Gasteiger partial charge in [0.25, 0.3) is 0 Å². The molecule has 2 aromatic rings. The summed E-state index contributed by atoms with van der Waals surface area (Å²) >= 11 is 1.60. The minimum Gasteiger partial charge on any atom is -0.493 e. The third-order valence-corrected chi connectivity index (χ3v) is 5.34. The van der Waals surface area contributed by atoms with Gasteiger partial charge in [-0.2, -0.15) is 0 Å². The number of carbonyl (C=O) groups excluding carboxylic acids is 2. The van der Waals surface area contributed by atoms with Gasteiger partial charge in [0.15, 0.2) is 11.5 Å². The monoisotopic (exact) mass is 389 g/mol. The number of nitrogens with one attached hydrogen (secondary N) is 1. The third-order valence-electron chi connectivity index (χ3n) is 4.52. The summed E-state index contributed by atoms with van der Waals surface area (Å²) in [6, 6.07) is 5.30. The first-order chi connectivity index (χ1) is 13.0. The van der Waals surface area contributed by atoms with Gasteiger partial charge >= 0.3 is 0 Å². The predicted octanol–water partition coefficient (Wildman–Crippen LogP) is 2.18. The van der Waals surface area contributed by atoms with Crippen molar-refractivity contribution >= 4 is 28.8 Å². The van der Waals surface area contributed by atoms with E-state index in [1.807, 2.05) is 12.3 Å². The molecule has 1 aromatic heterocycles. The van der Waals surface area contributed by atoms with Crippen LogP contribution in [0.15, 0.2) is 23.6 Å². The number of aryl methyl sites for hydroxylation is 1. The summed E-state index contributed by atoms with van der Waals surface area (Å²) in [5.41, 5.74) is 1.68. The lowest BCUT2D eigenvalue weighted by atomic mass is 10.1. The van der Waals surface area contributed by atoms with Gasteiger partial charge in [-0.25, -0.2) is 4.98 Å². The normalized spacial score (nSPS) is 16.5. The Balaban J connectivity index is 1.58. The Hall–Kier alpha value is -2.61. The second-order valence-corrected chi connectivity index (χ2v) is 7.41. The molecule has 7 nitrogen and oxygen atoms in total. The van der Waals surface area contributed by atoms with Crippen molar-refractivity contribution in [3.05, 3.63) is 34.3 Å². The standard InChI is InChI=1S/C19H23N3O4S/c1-12-21-14(11-27-12)6-7-20-19(24)13-8-18(23)22(10-13)15-4-5-16(25-2)17(9-15)26-3/h4-5,9,11,13H,6-8,10H2,1-3H3,(H,20,24). The van der Waals surface area contributed by atoms with Crippen molar-refractivity contribution in [1.29, 1.82) is 0 Å². The minimum atomic E-state index is -0.359. The molecular formula is C19H23N3O4S. The smallest absolute Gasteiger partial charge is 0.227 e. The first-order valence-corrected chi connectivity index (χ1v) is 9.61. The van der Waals surface area contributed by atoms with Crippen LogP contribution >= 0.6 is 11.3 Å². The molecule has 1 unspecified atom stereocenters. The molecule has 1 aromatic carbocycles. The van der Waals surface area contributed by atoms with Crippen LogP contribution < -0.4 is 19.7 Å². The van der Waals surface area contributed by atoms with Crippen molar-refractivity contribution in [3.63, 3.8) is 0 Å². The molecule has 1 saturated heterocycles. The molecule has 0 saturated carbocycles. The van der Waals surface area contributed by atoms with Crippen molar-refractivity contribution in [2.75, 3.05) is 32.2 Å².